The van der Waals surface area contributed by atoms with Crippen LogP contribution in [0.2, 0.25) is 0 Å². The fourth-order valence-electron chi connectivity index (χ4n) is 4.05. The summed E-state index contributed by atoms with van der Waals surface area (Å²) in [7, 11) is -5.76. The molecule has 10 heteroatoms. The SMILES string of the molecule is CN(Cc1ccccc1)S(=O)(=O)c1ccc(C(=O)Nc2ccc(S(=O)(=O)N3CCCCC3)cc2)cc1. The van der Waals surface area contributed by atoms with Crippen LogP contribution in [-0.4, -0.2) is 51.5 Å². The normalized spacial score (nSPS) is 15.1. The second-order valence-electron chi connectivity index (χ2n) is 8.71. The predicted octanol–water partition coefficient (Wildman–Crippen LogP) is 3.93. The summed E-state index contributed by atoms with van der Waals surface area (Å²) in [6, 6.07) is 21.1. The highest BCUT2D eigenvalue weighted by Crippen LogP contribution is 2.23. The highest BCUT2D eigenvalue weighted by molar-refractivity contribution is 7.89. The molecule has 4 rings (SSSR count). The van der Waals surface area contributed by atoms with Gasteiger partial charge in [-0.2, -0.15) is 8.61 Å². The molecule has 0 saturated carbocycles. The van der Waals surface area contributed by atoms with Gasteiger partial charge in [-0.3, -0.25) is 4.79 Å². The van der Waals surface area contributed by atoms with E-state index in [4.69, 9.17) is 0 Å². The van der Waals surface area contributed by atoms with Gasteiger partial charge in [-0.05, 0) is 66.9 Å². The third kappa shape index (κ3) is 5.84. The quantitative estimate of drug-likeness (QED) is 0.478. The number of nitrogens with one attached hydrogen (secondary N) is 1. The van der Waals surface area contributed by atoms with Crippen LogP contribution in [0.5, 0.6) is 0 Å². The summed E-state index contributed by atoms with van der Waals surface area (Å²) in [5.41, 5.74) is 1.59. The van der Waals surface area contributed by atoms with Crippen molar-refractivity contribution in [3.63, 3.8) is 0 Å². The third-order valence-electron chi connectivity index (χ3n) is 6.14. The topological polar surface area (TPSA) is 104 Å². The standard InChI is InChI=1S/C26H29N3O5S2/c1-28(20-21-8-4-2-5-9-21)35(31,32)24-14-10-22(11-15-24)26(30)27-23-12-16-25(17-13-23)36(33,34)29-18-6-3-7-19-29/h2,4-5,8-17H,3,6-7,18-20H2,1H3,(H,27,30). The number of sulfonamides is 2. The lowest BCUT2D eigenvalue weighted by molar-refractivity contribution is 0.102. The van der Waals surface area contributed by atoms with Crippen LogP contribution in [0.15, 0.2) is 88.7 Å². The molecule has 1 heterocycles. The van der Waals surface area contributed by atoms with Gasteiger partial charge >= 0.3 is 0 Å². The summed E-state index contributed by atoms with van der Waals surface area (Å²) in [5, 5.41) is 2.72. The van der Waals surface area contributed by atoms with Crippen LogP contribution in [0.25, 0.3) is 0 Å². The zero-order valence-electron chi connectivity index (χ0n) is 20.0. The van der Waals surface area contributed by atoms with E-state index < -0.39 is 26.0 Å². The number of hydrogen-bond acceptors (Lipinski definition) is 5. The van der Waals surface area contributed by atoms with Crippen LogP contribution >= 0.6 is 0 Å². The average Bonchev–Trinajstić information content (AvgIpc) is 2.90. The molecule has 0 bridgehead atoms. The molecule has 0 spiro atoms. The lowest BCUT2D eigenvalue weighted by atomic mass is 10.2. The highest BCUT2D eigenvalue weighted by Gasteiger charge is 2.26. The van der Waals surface area contributed by atoms with E-state index in [1.807, 2.05) is 30.3 Å². The Bertz CT molecular complexity index is 1400. The highest BCUT2D eigenvalue weighted by atomic mass is 32.2. The van der Waals surface area contributed by atoms with E-state index in [1.54, 1.807) is 12.1 Å². The van der Waals surface area contributed by atoms with Gasteiger partial charge < -0.3 is 5.32 Å². The monoisotopic (exact) mass is 527 g/mol. The summed E-state index contributed by atoms with van der Waals surface area (Å²) in [5.74, 6) is -0.428. The molecule has 1 amide bonds. The molecule has 1 saturated heterocycles. The molecule has 1 aliphatic heterocycles. The van der Waals surface area contributed by atoms with Crippen molar-refractivity contribution in [2.75, 3.05) is 25.5 Å². The van der Waals surface area contributed by atoms with Crippen molar-refractivity contribution in [2.24, 2.45) is 0 Å². The van der Waals surface area contributed by atoms with E-state index in [2.05, 4.69) is 5.32 Å². The Labute approximate surface area is 212 Å². The van der Waals surface area contributed by atoms with E-state index in [0.29, 0.717) is 18.8 Å². The first kappa shape index (κ1) is 26.0. The molecular formula is C26H29N3O5S2. The van der Waals surface area contributed by atoms with Gasteiger partial charge in [0.25, 0.3) is 5.91 Å². The first-order chi connectivity index (χ1) is 17.2. The summed E-state index contributed by atoms with van der Waals surface area (Å²) >= 11 is 0. The van der Waals surface area contributed by atoms with E-state index in [-0.39, 0.29) is 21.9 Å². The first-order valence-electron chi connectivity index (χ1n) is 11.7. The van der Waals surface area contributed by atoms with Gasteiger partial charge in [0, 0.05) is 37.9 Å². The molecule has 3 aromatic rings. The summed E-state index contributed by atoms with van der Waals surface area (Å²) in [4.78, 5) is 13.0. The lowest BCUT2D eigenvalue weighted by Gasteiger charge is -2.25. The van der Waals surface area contributed by atoms with Crippen molar-refractivity contribution >= 4 is 31.6 Å². The maximum Gasteiger partial charge on any atom is 0.255 e. The molecule has 0 radical (unpaired) electrons. The zero-order valence-corrected chi connectivity index (χ0v) is 21.6. The van der Waals surface area contributed by atoms with Crippen molar-refractivity contribution in [3.8, 4) is 0 Å². The summed E-state index contributed by atoms with van der Waals surface area (Å²) in [6.45, 7) is 1.28. The molecule has 3 aromatic carbocycles. The number of amides is 1. The molecule has 36 heavy (non-hydrogen) atoms. The minimum absolute atomic E-state index is 0.0877. The van der Waals surface area contributed by atoms with Crippen LogP contribution in [0.1, 0.15) is 35.2 Å². The smallest absolute Gasteiger partial charge is 0.255 e. The number of rotatable bonds is 8. The van der Waals surface area contributed by atoms with Crippen LogP contribution in [0.4, 0.5) is 5.69 Å². The number of benzene rings is 3. The minimum atomic E-state index is -3.73. The molecule has 8 nitrogen and oxygen atoms in total. The van der Waals surface area contributed by atoms with Gasteiger partial charge in [-0.1, -0.05) is 36.8 Å². The molecule has 1 N–H and O–H groups in total. The number of carbonyl (C=O) groups is 1. The van der Waals surface area contributed by atoms with Crippen LogP contribution in [0.3, 0.4) is 0 Å². The Hall–Kier alpha value is -3.05. The molecule has 0 unspecified atom stereocenters. The number of carbonyl (C=O) groups excluding carboxylic acids is 1. The van der Waals surface area contributed by atoms with Crippen molar-refractivity contribution in [1.82, 2.24) is 8.61 Å². The second kappa shape index (κ2) is 10.9. The Balaban J connectivity index is 1.41. The van der Waals surface area contributed by atoms with Crippen LogP contribution in [0, 0.1) is 0 Å². The maximum atomic E-state index is 12.9. The predicted molar refractivity (Wildman–Crippen MR) is 139 cm³/mol. The largest absolute Gasteiger partial charge is 0.322 e. The van der Waals surface area contributed by atoms with Gasteiger partial charge in [0.15, 0.2) is 0 Å². The van der Waals surface area contributed by atoms with Gasteiger partial charge in [0.2, 0.25) is 20.0 Å². The zero-order chi connectivity index (χ0) is 25.8. The second-order valence-corrected chi connectivity index (χ2v) is 12.7. The molecule has 1 fully saturated rings. The Kier molecular flexibility index (Phi) is 7.89. The lowest BCUT2D eigenvalue weighted by Crippen LogP contribution is -2.35. The first-order valence-corrected chi connectivity index (χ1v) is 14.6. The Morgan fingerprint density at radius 2 is 1.39 bits per heavy atom. The number of piperidine rings is 1. The molecule has 190 valence electrons. The van der Waals surface area contributed by atoms with Crippen molar-refractivity contribution < 1.29 is 21.6 Å². The maximum absolute atomic E-state index is 12.9. The van der Waals surface area contributed by atoms with Crippen LogP contribution in [-0.2, 0) is 26.6 Å². The van der Waals surface area contributed by atoms with Crippen molar-refractivity contribution in [3.05, 3.63) is 90.0 Å². The van der Waals surface area contributed by atoms with Crippen molar-refractivity contribution in [1.29, 1.82) is 0 Å². The average molecular weight is 528 g/mol. The van der Waals surface area contributed by atoms with E-state index in [0.717, 1.165) is 24.8 Å². The summed E-state index contributed by atoms with van der Waals surface area (Å²) < 4.78 is 54.2. The Morgan fingerprint density at radius 3 is 2.00 bits per heavy atom. The molecule has 0 atom stereocenters. The van der Waals surface area contributed by atoms with Gasteiger partial charge in [0.1, 0.15) is 0 Å². The fraction of sp³-hybridized carbons (Fsp3) is 0.269. The minimum Gasteiger partial charge on any atom is -0.322 e. The van der Waals surface area contributed by atoms with Crippen molar-refractivity contribution in [2.45, 2.75) is 35.6 Å². The molecular weight excluding hydrogens is 498 g/mol. The fourth-order valence-corrected chi connectivity index (χ4v) is 6.73. The van der Waals surface area contributed by atoms with Crippen LogP contribution < -0.4 is 5.32 Å². The number of nitrogens with zero attached hydrogens (tertiary/aromatic N) is 2. The number of hydrogen-bond donors (Lipinski definition) is 1. The van der Waals surface area contributed by atoms with E-state index in [1.165, 1.54) is 52.1 Å². The van der Waals surface area contributed by atoms with Gasteiger partial charge in [-0.25, -0.2) is 16.8 Å². The molecule has 0 aromatic heterocycles. The van der Waals surface area contributed by atoms with E-state index >= 15 is 0 Å². The Morgan fingerprint density at radius 1 is 0.806 bits per heavy atom. The summed E-state index contributed by atoms with van der Waals surface area (Å²) in [6.07, 6.45) is 2.75. The molecule has 1 aliphatic rings. The molecule has 0 aliphatic carbocycles. The third-order valence-corrected chi connectivity index (χ3v) is 9.87. The van der Waals surface area contributed by atoms with Gasteiger partial charge in [-0.15, -0.1) is 0 Å². The number of anilines is 1. The van der Waals surface area contributed by atoms with Gasteiger partial charge in [0.05, 0.1) is 9.79 Å². The van der Waals surface area contributed by atoms with E-state index in [9.17, 15) is 21.6 Å².